The molecule has 1 aromatic heterocycles. The molecule has 0 N–H and O–H groups in total. The van der Waals surface area contributed by atoms with E-state index in [1.807, 2.05) is 30.0 Å². The maximum Gasteiger partial charge on any atom is 0.266 e. The number of nitrogens with zero attached hydrogens (tertiary/aromatic N) is 3. The van der Waals surface area contributed by atoms with Crippen molar-refractivity contribution >= 4 is 28.6 Å². The normalized spacial score (nSPS) is 13.4. The molecule has 8 heteroatoms. The molecule has 2 aromatic carbocycles. The molecule has 0 bridgehead atoms. The van der Waals surface area contributed by atoms with Crippen molar-refractivity contribution in [1.29, 1.82) is 0 Å². The second-order valence-electron chi connectivity index (χ2n) is 7.96. The first-order chi connectivity index (χ1) is 16.6. The molecule has 0 unspecified atom stereocenters. The van der Waals surface area contributed by atoms with Gasteiger partial charge in [-0.25, -0.2) is 4.98 Å². The second kappa shape index (κ2) is 10.8. The third-order valence-electron chi connectivity index (χ3n) is 5.93. The van der Waals surface area contributed by atoms with Crippen LogP contribution in [0.4, 0.5) is 0 Å². The predicted octanol–water partition coefficient (Wildman–Crippen LogP) is 4.80. The summed E-state index contributed by atoms with van der Waals surface area (Å²) in [5.74, 6) is 1.27. The van der Waals surface area contributed by atoms with Crippen LogP contribution >= 0.6 is 11.8 Å². The highest BCUT2D eigenvalue weighted by Crippen LogP contribution is 2.31. The van der Waals surface area contributed by atoms with Crippen molar-refractivity contribution in [3.05, 3.63) is 64.6 Å². The number of ether oxygens (including phenoxy) is 2. The molecule has 7 nitrogen and oxygen atoms in total. The first-order valence-electron chi connectivity index (χ1n) is 11.4. The predicted molar refractivity (Wildman–Crippen MR) is 135 cm³/mol. The second-order valence-corrected chi connectivity index (χ2v) is 8.90. The molecule has 1 amide bonds. The minimum Gasteiger partial charge on any atom is -0.493 e. The summed E-state index contributed by atoms with van der Waals surface area (Å²) in [6.07, 6.45) is 6.38. The van der Waals surface area contributed by atoms with Crippen LogP contribution in [0.5, 0.6) is 11.5 Å². The van der Waals surface area contributed by atoms with Gasteiger partial charge in [0.2, 0.25) is 5.91 Å². The van der Waals surface area contributed by atoms with Crippen LogP contribution in [0.15, 0.2) is 64.2 Å². The molecule has 0 fully saturated rings. The van der Waals surface area contributed by atoms with E-state index in [2.05, 4.69) is 6.08 Å². The van der Waals surface area contributed by atoms with Gasteiger partial charge in [0, 0.05) is 18.3 Å². The van der Waals surface area contributed by atoms with Crippen molar-refractivity contribution in [2.75, 3.05) is 26.5 Å². The summed E-state index contributed by atoms with van der Waals surface area (Å²) in [6.45, 7) is 2.62. The third kappa shape index (κ3) is 4.82. The highest BCUT2D eigenvalue weighted by molar-refractivity contribution is 7.99. The molecule has 1 aliphatic rings. The fourth-order valence-electron chi connectivity index (χ4n) is 4.21. The Hall–Kier alpha value is -3.26. The van der Waals surface area contributed by atoms with E-state index in [4.69, 9.17) is 14.5 Å². The Morgan fingerprint density at radius 1 is 1.12 bits per heavy atom. The van der Waals surface area contributed by atoms with E-state index in [1.54, 1.807) is 43.1 Å². The van der Waals surface area contributed by atoms with Crippen LogP contribution in [0.2, 0.25) is 0 Å². The van der Waals surface area contributed by atoms with E-state index in [0.717, 1.165) is 25.0 Å². The number of fused-ring (bicyclic) bond motifs is 1. The number of carbonyl (C=O) groups excluding carboxylic acids is 1. The van der Waals surface area contributed by atoms with Gasteiger partial charge in [0.25, 0.3) is 5.56 Å². The molecule has 178 valence electrons. The smallest absolute Gasteiger partial charge is 0.266 e. The van der Waals surface area contributed by atoms with Gasteiger partial charge in [-0.1, -0.05) is 30.0 Å². The third-order valence-corrected chi connectivity index (χ3v) is 6.85. The molecule has 4 rings (SSSR count). The molecule has 1 aliphatic carbocycles. The molecule has 0 saturated heterocycles. The average molecular weight is 480 g/mol. The van der Waals surface area contributed by atoms with Crippen molar-refractivity contribution in [1.82, 2.24) is 14.5 Å². The van der Waals surface area contributed by atoms with Crippen LogP contribution in [0.3, 0.4) is 0 Å². The fourth-order valence-corrected chi connectivity index (χ4v) is 5.10. The van der Waals surface area contributed by atoms with Gasteiger partial charge in [0.1, 0.15) is 0 Å². The minimum atomic E-state index is -0.199. The maximum atomic E-state index is 13.5. The first-order valence-corrected chi connectivity index (χ1v) is 12.4. The molecule has 0 aliphatic heterocycles. The number of rotatable bonds is 8. The Kier molecular flexibility index (Phi) is 7.57. The van der Waals surface area contributed by atoms with E-state index in [9.17, 15) is 9.59 Å². The largest absolute Gasteiger partial charge is 0.493 e. The molecule has 0 atom stereocenters. The van der Waals surface area contributed by atoms with Crippen LogP contribution in [-0.2, 0) is 4.79 Å². The number of aromatic nitrogens is 2. The Labute approximate surface area is 203 Å². The summed E-state index contributed by atoms with van der Waals surface area (Å²) in [5.41, 5.74) is 2.10. The van der Waals surface area contributed by atoms with E-state index in [1.165, 1.54) is 18.2 Å². The molecular formula is C26H29N3O4S. The van der Waals surface area contributed by atoms with Crippen LogP contribution in [0.1, 0.15) is 32.6 Å². The zero-order chi connectivity index (χ0) is 24.1. The van der Waals surface area contributed by atoms with Crippen molar-refractivity contribution < 1.29 is 14.3 Å². The lowest BCUT2D eigenvalue weighted by Gasteiger charge is -2.26. The lowest BCUT2D eigenvalue weighted by atomic mass is 10.0. The van der Waals surface area contributed by atoms with E-state index < -0.39 is 0 Å². The summed E-state index contributed by atoms with van der Waals surface area (Å²) in [4.78, 5) is 33.3. The quantitative estimate of drug-likeness (QED) is 0.341. The van der Waals surface area contributed by atoms with Gasteiger partial charge in [0.15, 0.2) is 16.7 Å². The standard InChI is InChI=1S/C26H29N3O4S/c1-4-28(18-10-6-5-7-11-18)24(30)17-34-26-27-21-13-9-8-12-20(21)25(31)29(26)19-14-15-22(32-2)23(16-19)33-3/h8-10,12-16H,4-7,11,17H2,1-3H3. The number of amides is 1. The van der Waals surface area contributed by atoms with E-state index >= 15 is 0 Å². The van der Waals surface area contributed by atoms with Crippen LogP contribution in [0, 0.1) is 0 Å². The zero-order valence-corrected chi connectivity index (χ0v) is 20.6. The average Bonchev–Trinajstić information content (AvgIpc) is 2.88. The lowest BCUT2D eigenvalue weighted by Crippen LogP contribution is -2.32. The molecule has 0 saturated carbocycles. The first kappa shape index (κ1) is 23.9. The van der Waals surface area contributed by atoms with Gasteiger partial charge in [-0.05, 0) is 56.9 Å². The SMILES string of the molecule is CCN(C(=O)CSc1nc2ccccc2c(=O)n1-c1ccc(OC)c(OC)c1)C1=CCCCC1. The Bertz CT molecular complexity index is 1280. The minimum absolute atomic E-state index is 0.0157. The Morgan fingerprint density at radius 3 is 2.62 bits per heavy atom. The van der Waals surface area contributed by atoms with Gasteiger partial charge in [-0.2, -0.15) is 0 Å². The summed E-state index contributed by atoms with van der Waals surface area (Å²) in [6, 6.07) is 12.5. The lowest BCUT2D eigenvalue weighted by molar-refractivity contribution is -0.126. The molecule has 1 heterocycles. The van der Waals surface area contributed by atoms with Gasteiger partial charge >= 0.3 is 0 Å². The molecule has 0 spiro atoms. The number of para-hydroxylation sites is 1. The van der Waals surface area contributed by atoms with Crippen LogP contribution in [-0.4, -0.2) is 46.9 Å². The molecule has 34 heavy (non-hydrogen) atoms. The molecular weight excluding hydrogens is 450 g/mol. The monoisotopic (exact) mass is 479 g/mol. The summed E-state index contributed by atoms with van der Waals surface area (Å²) < 4.78 is 12.3. The van der Waals surface area contributed by atoms with Gasteiger partial charge in [-0.15, -0.1) is 0 Å². The Balaban J connectivity index is 1.73. The van der Waals surface area contributed by atoms with Crippen molar-refractivity contribution in [2.45, 2.75) is 37.8 Å². The number of allylic oxidation sites excluding steroid dienone is 2. The molecule has 3 aromatic rings. The summed E-state index contributed by atoms with van der Waals surface area (Å²) >= 11 is 1.27. The van der Waals surface area contributed by atoms with E-state index in [-0.39, 0.29) is 17.2 Å². The maximum absolute atomic E-state index is 13.5. The van der Waals surface area contributed by atoms with Crippen LogP contribution < -0.4 is 15.0 Å². The van der Waals surface area contributed by atoms with Crippen LogP contribution in [0.25, 0.3) is 16.6 Å². The van der Waals surface area contributed by atoms with Crippen molar-refractivity contribution in [3.8, 4) is 17.2 Å². The highest BCUT2D eigenvalue weighted by atomic mass is 32.2. The van der Waals surface area contributed by atoms with Crippen molar-refractivity contribution in [2.24, 2.45) is 0 Å². The fraction of sp³-hybridized carbons (Fsp3) is 0.346. The highest BCUT2D eigenvalue weighted by Gasteiger charge is 2.21. The van der Waals surface area contributed by atoms with Gasteiger partial charge in [-0.3, -0.25) is 14.2 Å². The van der Waals surface area contributed by atoms with E-state index in [0.29, 0.717) is 39.8 Å². The Morgan fingerprint density at radius 2 is 1.91 bits per heavy atom. The number of hydrogen-bond donors (Lipinski definition) is 0. The summed E-state index contributed by atoms with van der Waals surface area (Å²) in [5, 5.41) is 0.966. The number of hydrogen-bond acceptors (Lipinski definition) is 6. The number of methoxy groups -OCH3 is 2. The molecule has 0 radical (unpaired) electrons. The number of carbonyl (C=O) groups is 1. The van der Waals surface area contributed by atoms with Gasteiger partial charge < -0.3 is 14.4 Å². The number of thioether (sulfide) groups is 1. The summed E-state index contributed by atoms with van der Waals surface area (Å²) in [7, 11) is 3.12. The van der Waals surface area contributed by atoms with Gasteiger partial charge in [0.05, 0.1) is 36.6 Å². The van der Waals surface area contributed by atoms with Crippen molar-refractivity contribution in [3.63, 3.8) is 0 Å². The number of benzene rings is 2. The zero-order valence-electron chi connectivity index (χ0n) is 19.7. The topological polar surface area (TPSA) is 73.7 Å².